The smallest absolute Gasteiger partial charge is 0.360 e. The number of aryl methyl sites for hydroxylation is 1. The van der Waals surface area contributed by atoms with Crippen molar-refractivity contribution in [2.24, 2.45) is 0 Å². The van der Waals surface area contributed by atoms with Crippen molar-refractivity contribution < 1.29 is 13.9 Å². The summed E-state index contributed by atoms with van der Waals surface area (Å²) in [6.07, 6.45) is 0. The minimum Gasteiger partial charge on any atom is -0.464 e. The lowest BCUT2D eigenvalue weighted by molar-refractivity contribution is 0.0596. The molecule has 2 rings (SSSR count). The molecule has 0 unspecified atom stereocenters. The Morgan fingerprint density at radius 1 is 1.53 bits per heavy atom. The van der Waals surface area contributed by atoms with E-state index >= 15 is 0 Å². The molecule has 0 fully saturated rings. The van der Waals surface area contributed by atoms with E-state index in [2.05, 4.69) is 25.7 Å². The first kappa shape index (κ1) is 13.5. The van der Waals surface area contributed by atoms with E-state index < -0.39 is 11.8 Å². The molecule has 0 saturated carbocycles. The molecule has 1 aromatic heterocycles. The lowest BCUT2D eigenvalue weighted by Crippen LogP contribution is -2.08. The van der Waals surface area contributed by atoms with Crippen LogP contribution in [-0.4, -0.2) is 22.6 Å². The van der Waals surface area contributed by atoms with Crippen LogP contribution in [0, 0.1) is 12.7 Å². The van der Waals surface area contributed by atoms with E-state index in [9.17, 15) is 9.18 Å². The number of carbonyl (C=O) groups excluding carboxylic acids is 1. The summed E-state index contributed by atoms with van der Waals surface area (Å²) in [6, 6.07) is 4.52. The molecule has 0 bridgehead atoms. The van der Waals surface area contributed by atoms with Gasteiger partial charge < -0.3 is 10.5 Å². The number of hydrogen-bond donors (Lipinski definition) is 1. The fourth-order valence-electron chi connectivity index (χ4n) is 1.75. The molecule has 2 aromatic rings. The fourth-order valence-corrected chi connectivity index (χ4v) is 1.99. The van der Waals surface area contributed by atoms with Crippen LogP contribution in [0.3, 0.4) is 0 Å². The van der Waals surface area contributed by atoms with Crippen molar-refractivity contribution in [1.82, 2.24) is 9.55 Å². The molecule has 0 aliphatic rings. The summed E-state index contributed by atoms with van der Waals surface area (Å²) in [5, 5.41) is 0. The number of anilines is 1. The zero-order chi connectivity index (χ0) is 14.2. The van der Waals surface area contributed by atoms with E-state index in [1.54, 1.807) is 19.1 Å². The number of nitrogens with two attached hydrogens (primary N) is 1. The van der Waals surface area contributed by atoms with Gasteiger partial charge in [-0.2, -0.15) is 0 Å². The molecule has 1 heterocycles. The predicted octanol–water partition coefficient (Wildman–Crippen LogP) is 2.45. The van der Waals surface area contributed by atoms with E-state index in [0.717, 1.165) is 0 Å². The van der Waals surface area contributed by atoms with Crippen molar-refractivity contribution in [3.8, 4) is 5.69 Å². The minimum atomic E-state index is -0.628. The summed E-state index contributed by atoms with van der Waals surface area (Å²) in [5.41, 5.74) is 6.37. The lowest BCUT2D eigenvalue weighted by Gasteiger charge is -2.08. The van der Waals surface area contributed by atoms with Crippen LogP contribution in [0.25, 0.3) is 5.69 Å². The van der Waals surface area contributed by atoms with Crippen LogP contribution in [0.2, 0.25) is 0 Å². The average Bonchev–Trinajstić information content (AvgIpc) is 2.68. The van der Waals surface area contributed by atoms with Gasteiger partial charge in [-0.25, -0.2) is 14.2 Å². The molecule has 5 nitrogen and oxygen atoms in total. The summed E-state index contributed by atoms with van der Waals surface area (Å²) in [4.78, 5) is 15.5. The van der Waals surface area contributed by atoms with Crippen LogP contribution in [-0.2, 0) is 4.74 Å². The monoisotopic (exact) mass is 327 g/mol. The van der Waals surface area contributed by atoms with Gasteiger partial charge >= 0.3 is 5.97 Å². The Bertz CT molecular complexity index is 655. The van der Waals surface area contributed by atoms with Crippen LogP contribution in [0.5, 0.6) is 0 Å². The van der Waals surface area contributed by atoms with E-state index in [1.807, 2.05) is 0 Å². The normalized spacial score (nSPS) is 10.5. The third-order valence-electron chi connectivity index (χ3n) is 2.62. The number of ether oxygens (including phenoxy) is 1. The van der Waals surface area contributed by atoms with Gasteiger partial charge in [-0.05, 0) is 41.1 Å². The second-order valence-corrected chi connectivity index (χ2v) is 4.67. The van der Waals surface area contributed by atoms with Crippen molar-refractivity contribution in [2.45, 2.75) is 6.92 Å². The van der Waals surface area contributed by atoms with Gasteiger partial charge in [0.05, 0.1) is 17.3 Å². The number of nitrogen functional groups attached to an aromatic ring is 1. The zero-order valence-corrected chi connectivity index (χ0v) is 11.9. The van der Waals surface area contributed by atoms with Gasteiger partial charge in [0.1, 0.15) is 17.5 Å². The largest absolute Gasteiger partial charge is 0.464 e. The highest BCUT2D eigenvalue weighted by Gasteiger charge is 2.20. The van der Waals surface area contributed by atoms with Gasteiger partial charge in [-0.1, -0.05) is 0 Å². The lowest BCUT2D eigenvalue weighted by atomic mass is 10.3. The molecule has 100 valence electrons. The highest BCUT2D eigenvalue weighted by atomic mass is 79.9. The van der Waals surface area contributed by atoms with E-state index in [0.29, 0.717) is 16.0 Å². The number of rotatable bonds is 2. The SMILES string of the molecule is COC(=O)c1nc(C)n(-c2ccc(Br)c(F)c2)c1N. The van der Waals surface area contributed by atoms with Gasteiger partial charge in [-0.15, -0.1) is 0 Å². The van der Waals surface area contributed by atoms with E-state index in [4.69, 9.17) is 5.73 Å². The van der Waals surface area contributed by atoms with Crippen molar-refractivity contribution >= 4 is 27.7 Å². The Morgan fingerprint density at radius 2 is 2.21 bits per heavy atom. The van der Waals surface area contributed by atoms with Gasteiger partial charge in [0, 0.05) is 0 Å². The van der Waals surface area contributed by atoms with Crippen molar-refractivity contribution in [3.63, 3.8) is 0 Å². The summed E-state index contributed by atoms with van der Waals surface area (Å²) in [7, 11) is 1.25. The molecule has 19 heavy (non-hydrogen) atoms. The number of methoxy groups -OCH3 is 1. The first-order valence-corrected chi connectivity index (χ1v) is 6.13. The summed E-state index contributed by atoms with van der Waals surface area (Å²) in [5.74, 6) is -0.466. The highest BCUT2D eigenvalue weighted by molar-refractivity contribution is 9.10. The third kappa shape index (κ3) is 2.33. The zero-order valence-electron chi connectivity index (χ0n) is 10.3. The number of halogens is 2. The highest BCUT2D eigenvalue weighted by Crippen LogP contribution is 2.24. The molecule has 0 aliphatic heterocycles. The van der Waals surface area contributed by atoms with Crippen LogP contribution in [0.4, 0.5) is 10.2 Å². The average molecular weight is 328 g/mol. The quantitative estimate of drug-likeness (QED) is 0.860. The van der Waals surface area contributed by atoms with Crippen LogP contribution >= 0.6 is 15.9 Å². The number of hydrogen-bond acceptors (Lipinski definition) is 4. The van der Waals surface area contributed by atoms with Gasteiger partial charge in [0.25, 0.3) is 0 Å². The Labute approximate surface area is 117 Å². The van der Waals surface area contributed by atoms with Gasteiger partial charge in [-0.3, -0.25) is 4.57 Å². The third-order valence-corrected chi connectivity index (χ3v) is 3.26. The van der Waals surface area contributed by atoms with E-state index in [1.165, 1.54) is 17.7 Å². The van der Waals surface area contributed by atoms with Crippen LogP contribution in [0.15, 0.2) is 22.7 Å². The van der Waals surface area contributed by atoms with Crippen molar-refractivity contribution in [2.75, 3.05) is 12.8 Å². The molecule has 0 aliphatic carbocycles. The standard InChI is InChI=1S/C12H11BrFN3O2/c1-6-16-10(12(18)19-2)11(15)17(6)7-3-4-8(13)9(14)5-7/h3-5H,15H2,1-2H3. The maximum absolute atomic E-state index is 13.5. The fraction of sp³-hybridized carbons (Fsp3) is 0.167. The molecule has 0 spiro atoms. The van der Waals surface area contributed by atoms with Gasteiger partial charge in [0.15, 0.2) is 5.69 Å². The summed E-state index contributed by atoms with van der Waals surface area (Å²) >= 11 is 3.07. The number of esters is 1. The Morgan fingerprint density at radius 3 is 2.79 bits per heavy atom. The summed E-state index contributed by atoms with van der Waals surface area (Å²) < 4.78 is 20.0. The van der Waals surface area contributed by atoms with E-state index in [-0.39, 0.29) is 11.5 Å². The predicted molar refractivity (Wildman–Crippen MR) is 71.7 cm³/mol. The molecular weight excluding hydrogens is 317 g/mol. The Balaban J connectivity index is 2.59. The Kier molecular flexibility index (Phi) is 3.57. The maximum Gasteiger partial charge on any atom is 0.360 e. The van der Waals surface area contributed by atoms with Gasteiger partial charge in [0.2, 0.25) is 0 Å². The second kappa shape index (κ2) is 5.00. The number of carbonyl (C=O) groups is 1. The molecule has 1 aromatic carbocycles. The molecule has 2 N–H and O–H groups in total. The van der Waals surface area contributed by atoms with Crippen molar-refractivity contribution in [3.05, 3.63) is 40.0 Å². The maximum atomic E-state index is 13.5. The first-order valence-electron chi connectivity index (χ1n) is 5.34. The summed E-state index contributed by atoms with van der Waals surface area (Å²) in [6.45, 7) is 1.67. The van der Waals surface area contributed by atoms with Crippen LogP contribution < -0.4 is 5.73 Å². The number of benzene rings is 1. The number of nitrogens with zero attached hydrogens (tertiary/aromatic N) is 2. The number of imidazole rings is 1. The Hall–Kier alpha value is -1.89. The second-order valence-electron chi connectivity index (χ2n) is 3.82. The molecule has 0 atom stereocenters. The topological polar surface area (TPSA) is 70.1 Å². The number of aromatic nitrogens is 2. The minimum absolute atomic E-state index is 0.0170. The molecular formula is C12H11BrFN3O2. The molecule has 0 radical (unpaired) electrons. The molecule has 7 heteroatoms. The molecule has 0 saturated heterocycles. The van der Waals surface area contributed by atoms with Crippen molar-refractivity contribution in [1.29, 1.82) is 0 Å². The molecule has 0 amide bonds. The van der Waals surface area contributed by atoms with Crippen LogP contribution in [0.1, 0.15) is 16.3 Å². The first-order chi connectivity index (χ1) is 8.95.